The molecule has 2 rings (SSSR count). The van der Waals surface area contributed by atoms with Gasteiger partial charge in [-0.1, -0.05) is 0 Å². The Labute approximate surface area is 110 Å². The van der Waals surface area contributed by atoms with Crippen molar-refractivity contribution in [2.24, 2.45) is 0 Å². The van der Waals surface area contributed by atoms with Crippen molar-refractivity contribution in [3.63, 3.8) is 0 Å². The van der Waals surface area contributed by atoms with E-state index in [0.717, 1.165) is 10.4 Å². The summed E-state index contributed by atoms with van der Waals surface area (Å²) in [6.07, 6.45) is 6.96. The molecule has 0 spiro atoms. The van der Waals surface area contributed by atoms with E-state index in [2.05, 4.69) is 17.1 Å². The molecule has 18 heavy (non-hydrogen) atoms. The fourth-order valence-corrected chi connectivity index (χ4v) is 2.32. The van der Waals surface area contributed by atoms with Crippen molar-refractivity contribution >= 4 is 23.3 Å². The van der Waals surface area contributed by atoms with E-state index in [0.29, 0.717) is 6.54 Å². The van der Waals surface area contributed by atoms with Crippen LogP contribution in [0.1, 0.15) is 15.3 Å². The smallest absolute Gasteiger partial charge is 0.246 e. The Morgan fingerprint density at radius 3 is 3.00 bits per heavy atom. The van der Waals surface area contributed by atoms with Gasteiger partial charge in [-0.05, 0) is 25.1 Å². The molecule has 94 valence electrons. The van der Waals surface area contributed by atoms with Gasteiger partial charge in [-0.25, -0.2) is 0 Å². The number of amides is 1. The minimum Gasteiger partial charge on any atom is -0.338 e. The fourth-order valence-electron chi connectivity index (χ4n) is 1.54. The molecule has 0 aliphatic rings. The topological polar surface area (TPSA) is 49.0 Å². The van der Waals surface area contributed by atoms with Crippen LogP contribution in [0.4, 0.5) is 0 Å². The van der Waals surface area contributed by atoms with E-state index in [1.807, 2.05) is 18.2 Å². The van der Waals surface area contributed by atoms with Crippen LogP contribution in [0.3, 0.4) is 0 Å². The van der Waals surface area contributed by atoms with Gasteiger partial charge in [-0.2, -0.15) is 5.10 Å². The second-order valence-corrected chi connectivity index (χ2v) is 5.40. The highest BCUT2D eigenvalue weighted by Crippen LogP contribution is 2.16. The van der Waals surface area contributed by atoms with Gasteiger partial charge in [0.2, 0.25) is 5.91 Å². The predicted molar refractivity (Wildman–Crippen MR) is 73.2 cm³/mol. The van der Waals surface area contributed by atoms with Crippen LogP contribution < -0.4 is 0 Å². The van der Waals surface area contributed by atoms with Gasteiger partial charge in [-0.3, -0.25) is 9.89 Å². The van der Waals surface area contributed by atoms with Gasteiger partial charge in [0.15, 0.2) is 0 Å². The Hall–Kier alpha value is -1.88. The Balaban J connectivity index is 1.93. The Kier molecular flexibility index (Phi) is 3.94. The average Bonchev–Trinajstić information content (AvgIpc) is 2.97. The van der Waals surface area contributed by atoms with Crippen molar-refractivity contribution in [3.8, 4) is 0 Å². The Bertz CT molecular complexity index is 542. The highest BCUT2D eigenvalue weighted by atomic mass is 32.1. The number of rotatable bonds is 4. The van der Waals surface area contributed by atoms with Crippen molar-refractivity contribution in [1.82, 2.24) is 15.1 Å². The number of nitrogens with one attached hydrogen (secondary N) is 1. The van der Waals surface area contributed by atoms with Gasteiger partial charge in [0, 0.05) is 41.2 Å². The van der Waals surface area contributed by atoms with E-state index in [4.69, 9.17) is 0 Å². The van der Waals surface area contributed by atoms with Gasteiger partial charge in [0.1, 0.15) is 0 Å². The minimum atomic E-state index is -0.0118. The molecule has 2 aromatic rings. The quantitative estimate of drug-likeness (QED) is 0.859. The molecule has 0 radical (unpaired) electrons. The lowest BCUT2D eigenvalue weighted by molar-refractivity contribution is -0.125. The first kappa shape index (κ1) is 12.6. The molecule has 0 bridgehead atoms. The highest BCUT2D eigenvalue weighted by molar-refractivity contribution is 7.12. The van der Waals surface area contributed by atoms with Crippen LogP contribution in [0.15, 0.2) is 30.6 Å². The van der Waals surface area contributed by atoms with Crippen molar-refractivity contribution in [3.05, 3.63) is 45.9 Å². The predicted octanol–water partition coefficient (Wildman–Crippen LogP) is 2.45. The van der Waals surface area contributed by atoms with E-state index in [9.17, 15) is 4.79 Å². The number of thiophene rings is 1. The third-order valence-electron chi connectivity index (χ3n) is 2.50. The monoisotopic (exact) mass is 261 g/mol. The molecule has 0 aliphatic heterocycles. The molecule has 1 N–H and O–H groups in total. The second-order valence-electron chi connectivity index (χ2n) is 4.08. The molecular weight excluding hydrogens is 246 g/mol. The third-order valence-corrected chi connectivity index (χ3v) is 3.47. The summed E-state index contributed by atoms with van der Waals surface area (Å²) in [5, 5.41) is 6.58. The lowest BCUT2D eigenvalue weighted by Gasteiger charge is -2.13. The summed E-state index contributed by atoms with van der Waals surface area (Å²) in [6.45, 7) is 2.61. The zero-order chi connectivity index (χ0) is 13.0. The third kappa shape index (κ3) is 3.30. The fraction of sp³-hybridized carbons (Fsp3) is 0.231. The number of aryl methyl sites for hydroxylation is 1. The molecule has 0 fully saturated rings. The molecule has 1 amide bonds. The number of H-pyrrole nitrogens is 1. The SMILES string of the molecule is Cc1ccc(C=CC(=O)N(C)Cc2cn[nH]c2)s1. The summed E-state index contributed by atoms with van der Waals surface area (Å²) in [6, 6.07) is 4.06. The summed E-state index contributed by atoms with van der Waals surface area (Å²) in [4.78, 5) is 15.9. The van der Waals surface area contributed by atoms with Crippen molar-refractivity contribution in [2.75, 3.05) is 7.05 Å². The number of hydrogen-bond donors (Lipinski definition) is 1. The van der Waals surface area contributed by atoms with Crippen LogP contribution >= 0.6 is 11.3 Å². The number of likely N-dealkylation sites (N-methyl/N-ethyl adjacent to an activating group) is 1. The number of carbonyl (C=O) groups excluding carboxylic acids is 1. The molecule has 2 aromatic heterocycles. The van der Waals surface area contributed by atoms with E-state index >= 15 is 0 Å². The lowest BCUT2D eigenvalue weighted by Crippen LogP contribution is -2.23. The van der Waals surface area contributed by atoms with Crippen molar-refractivity contribution in [1.29, 1.82) is 0 Å². The molecule has 5 heteroatoms. The number of aromatic nitrogens is 2. The molecule has 0 unspecified atom stereocenters. The summed E-state index contributed by atoms with van der Waals surface area (Å²) < 4.78 is 0. The lowest BCUT2D eigenvalue weighted by atomic mass is 10.3. The summed E-state index contributed by atoms with van der Waals surface area (Å²) in [5.74, 6) is -0.0118. The van der Waals surface area contributed by atoms with Crippen molar-refractivity contribution in [2.45, 2.75) is 13.5 Å². The zero-order valence-corrected chi connectivity index (χ0v) is 11.2. The maximum absolute atomic E-state index is 11.9. The van der Waals surface area contributed by atoms with Crippen LogP contribution in [0.25, 0.3) is 6.08 Å². The number of hydrogen-bond acceptors (Lipinski definition) is 3. The van der Waals surface area contributed by atoms with Gasteiger partial charge in [0.25, 0.3) is 0 Å². The number of aromatic amines is 1. The van der Waals surface area contributed by atoms with E-state index in [1.165, 1.54) is 4.88 Å². The molecule has 0 aliphatic carbocycles. The summed E-state index contributed by atoms with van der Waals surface area (Å²) in [7, 11) is 1.78. The van der Waals surface area contributed by atoms with Gasteiger partial charge in [0.05, 0.1) is 6.20 Å². The highest BCUT2D eigenvalue weighted by Gasteiger charge is 2.06. The number of carbonyl (C=O) groups is 1. The Morgan fingerprint density at radius 1 is 1.56 bits per heavy atom. The molecular formula is C13H15N3OS. The maximum Gasteiger partial charge on any atom is 0.246 e. The molecule has 0 saturated carbocycles. The summed E-state index contributed by atoms with van der Waals surface area (Å²) in [5.41, 5.74) is 0.992. The van der Waals surface area contributed by atoms with Crippen LogP contribution in [0.5, 0.6) is 0 Å². The molecule has 0 aromatic carbocycles. The zero-order valence-electron chi connectivity index (χ0n) is 10.4. The minimum absolute atomic E-state index is 0.0118. The van der Waals surface area contributed by atoms with Gasteiger partial charge in [-0.15, -0.1) is 11.3 Å². The first-order chi connectivity index (χ1) is 8.65. The second kappa shape index (κ2) is 5.64. The molecule has 4 nitrogen and oxygen atoms in total. The molecule has 0 atom stereocenters. The first-order valence-electron chi connectivity index (χ1n) is 5.62. The molecule has 0 saturated heterocycles. The van der Waals surface area contributed by atoms with Crippen LogP contribution in [-0.2, 0) is 11.3 Å². The number of nitrogens with zero attached hydrogens (tertiary/aromatic N) is 2. The van der Waals surface area contributed by atoms with E-state index < -0.39 is 0 Å². The van der Waals surface area contributed by atoms with Gasteiger partial charge < -0.3 is 4.90 Å². The van der Waals surface area contributed by atoms with E-state index in [1.54, 1.807) is 41.8 Å². The largest absolute Gasteiger partial charge is 0.338 e. The van der Waals surface area contributed by atoms with Crippen LogP contribution in [-0.4, -0.2) is 28.1 Å². The van der Waals surface area contributed by atoms with E-state index in [-0.39, 0.29) is 5.91 Å². The van der Waals surface area contributed by atoms with Crippen LogP contribution in [0.2, 0.25) is 0 Å². The summed E-state index contributed by atoms with van der Waals surface area (Å²) >= 11 is 1.67. The first-order valence-corrected chi connectivity index (χ1v) is 6.44. The maximum atomic E-state index is 11.9. The standard InChI is InChI=1S/C13H15N3OS/c1-10-3-4-12(18-10)5-6-13(17)16(2)9-11-7-14-15-8-11/h3-8H,9H2,1-2H3,(H,14,15). The normalized spacial score (nSPS) is 11.0. The molecule has 2 heterocycles. The average molecular weight is 261 g/mol. The van der Waals surface area contributed by atoms with Crippen molar-refractivity contribution < 1.29 is 4.79 Å². The van der Waals surface area contributed by atoms with Gasteiger partial charge >= 0.3 is 0 Å². The Morgan fingerprint density at radius 2 is 2.39 bits per heavy atom. The van der Waals surface area contributed by atoms with Crippen LogP contribution in [0, 0.1) is 6.92 Å².